The van der Waals surface area contributed by atoms with Crippen molar-refractivity contribution in [3.63, 3.8) is 0 Å². The van der Waals surface area contributed by atoms with Crippen LogP contribution in [0.2, 0.25) is 15.1 Å². The molecule has 0 heterocycles. The monoisotopic (exact) mass is 613 g/mol. The molecule has 0 fully saturated rings. The Bertz CT molecular complexity index is 1440. The molecule has 0 radical (unpaired) electrons. The van der Waals surface area contributed by atoms with Gasteiger partial charge in [0.1, 0.15) is 5.75 Å². The van der Waals surface area contributed by atoms with Crippen molar-refractivity contribution < 1.29 is 23.4 Å². The molecule has 0 aliphatic carbocycles. The Morgan fingerprint density at radius 3 is 2.41 bits per heavy atom. The first-order valence-corrected chi connectivity index (χ1v) is 15.0. The van der Waals surface area contributed by atoms with E-state index in [0.717, 1.165) is 17.4 Å². The lowest BCUT2D eigenvalue weighted by Gasteiger charge is -2.19. The number of amides is 1. The van der Waals surface area contributed by atoms with E-state index in [2.05, 4.69) is 15.4 Å². The number of sulfonamides is 1. The molecule has 5 N–H and O–H groups in total. The molecule has 0 aromatic heterocycles. The van der Waals surface area contributed by atoms with Gasteiger partial charge in [-0.3, -0.25) is 9.52 Å². The summed E-state index contributed by atoms with van der Waals surface area (Å²) in [5.74, 6) is -0.421. The highest BCUT2D eigenvalue weighted by molar-refractivity contribution is 7.92. The van der Waals surface area contributed by atoms with Crippen LogP contribution in [0.15, 0.2) is 54.6 Å². The highest BCUT2D eigenvalue weighted by Gasteiger charge is 2.15. The van der Waals surface area contributed by atoms with E-state index in [9.17, 15) is 23.4 Å². The van der Waals surface area contributed by atoms with E-state index in [-0.39, 0.29) is 42.9 Å². The minimum Gasteiger partial charge on any atom is -0.506 e. The number of hydrogen-bond donors (Lipinski definition) is 5. The van der Waals surface area contributed by atoms with Crippen molar-refractivity contribution in [2.24, 2.45) is 0 Å². The second kappa shape index (κ2) is 13.7. The van der Waals surface area contributed by atoms with Gasteiger partial charge in [-0.2, -0.15) is 0 Å². The number of phenolic OH excluding ortho intramolecular Hbond substituents is 1. The van der Waals surface area contributed by atoms with Crippen LogP contribution in [0.4, 0.5) is 5.69 Å². The van der Waals surface area contributed by atoms with Crippen LogP contribution < -0.4 is 15.4 Å². The number of benzene rings is 3. The Balaban J connectivity index is 1.52. The number of hydrogen-bond acceptors (Lipinski definition) is 6. The van der Waals surface area contributed by atoms with E-state index in [1.807, 2.05) is 31.2 Å². The second-order valence-electron chi connectivity index (χ2n) is 9.28. The number of phenols is 1. The number of halogens is 3. The van der Waals surface area contributed by atoms with Crippen molar-refractivity contribution >= 4 is 56.4 Å². The molecule has 0 saturated carbocycles. The Kier molecular flexibility index (Phi) is 10.9. The molecule has 3 aromatic carbocycles. The number of rotatable bonds is 12. The number of carbonyl (C=O) groups excluding carboxylic acids is 1. The minimum atomic E-state index is -3.58. The van der Waals surface area contributed by atoms with Crippen molar-refractivity contribution in [3.8, 4) is 5.75 Å². The molecule has 0 aliphatic heterocycles. The molecule has 12 heteroatoms. The molecular weight excluding hydrogens is 585 g/mol. The lowest BCUT2D eigenvalue weighted by Crippen LogP contribution is -2.32. The van der Waals surface area contributed by atoms with E-state index < -0.39 is 16.1 Å². The molecule has 0 aliphatic rings. The number of aliphatic hydroxyl groups excluding tert-OH is 1. The molecule has 0 bridgehead atoms. The first-order chi connectivity index (χ1) is 18.3. The summed E-state index contributed by atoms with van der Waals surface area (Å²) in [5.41, 5.74) is 2.87. The zero-order valence-corrected chi connectivity index (χ0v) is 24.4. The summed E-state index contributed by atoms with van der Waals surface area (Å²) >= 11 is 18.4. The van der Waals surface area contributed by atoms with Crippen LogP contribution in [0.5, 0.6) is 5.75 Å². The van der Waals surface area contributed by atoms with Crippen LogP contribution in [0, 0.1) is 0 Å². The van der Waals surface area contributed by atoms with Crippen LogP contribution in [0.25, 0.3) is 0 Å². The fourth-order valence-electron chi connectivity index (χ4n) is 3.93. The van der Waals surface area contributed by atoms with Gasteiger partial charge in [-0.05, 0) is 54.3 Å². The van der Waals surface area contributed by atoms with E-state index >= 15 is 0 Å². The van der Waals surface area contributed by atoms with Gasteiger partial charge < -0.3 is 20.8 Å². The zero-order chi connectivity index (χ0) is 28.7. The summed E-state index contributed by atoms with van der Waals surface area (Å²) in [6, 6.07) is 15.2. The topological polar surface area (TPSA) is 128 Å². The fourth-order valence-corrected chi connectivity index (χ4v) is 5.18. The lowest BCUT2D eigenvalue weighted by molar-refractivity contribution is -0.120. The van der Waals surface area contributed by atoms with E-state index in [1.165, 1.54) is 18.2 Å². The summed E-state index contributed by atoms with van der Waals surface area (Å²) in [5, 5.41) is 27.7. The first kappa shape index (κ1) is 31.0. The van der Waals surface area contributed by atoms with Gasteiger partial charge >= 0.3 is 0 Å². The lowest BCUT2D eigenvalue weighted by atomic mass is 10.0. The quantitative estimate of drug-likeness (QED) is 0.147. The van der Waals surface area contributed by atoms with E-state index in [0.29, 0.717) is 32.6 Å². The van der Waals surface area contributed by atoms with Crippen LogP contribution in [-0.4, -0.2) is 43.4 Å². The Labute approximate surface area is 243 Å². The number of anilines is 1. The first-order valence-electron chi connectivity index (χ1n) is 12.0. The number of nitrogens with one attached hydrogen (secondary N) is 3. The molecule has 0 spiro atoms. The molecule has 1 amide bonds. The highest BCUT2D eigenvalue weighted by atomic mass is 35.5. The second-order valence-corrected chi connectivity index (χ2v) is 12.2. The van der Waals surface area contributed by atoms with Crippen LogP contribution in [0.3, 0.4) is 0 Å². The van der Waals surface area contributed by atoms with Crippen LogP contribution >= 0.6 is 34.8 Å². The average Bonchev–Trinajstić information content (AvgIpc) is 2.85. The van der Waals surface area contributed by atoms with Gasteiger partial charge in [-0.1, -0.05) is 65.1 Å². The van der Waals surface area contributed by atoms with E-state index in [4.69, 9.17) is 34.8 Å². The third-order valence-corrected chi connectivity index (χ3v) is 7.65. The van der Waals surface area contributed by atoms with Gasteiger partial charge in [0.15, 0.2) is 0 Å². The maximum atomic E-state index is 12.5. The largest absolute Gasteiger partial charge is 0.506 e. The summed E-state index contributed by atoms with van der Waals surface area (Å²) in [6.45, 7) is 2.34. The predicted molar refractivity (Wildman–Crippen MR) is 156 cm³/mol. The average molecular weight is 615 g/mol. The minimum absolute atomic E-state index is 0.00159. The van der Waals surface area contributed by atoms with Gasteiger partial charge in [-0.15, -0.1) is 0 Å². The standard InChI is InChI=1S/C27H30Cl3N3O5S/c1-16(31-15-25(35)19-6-9-24(34)23(13-19)33-39(2,37)38)10-17-4-3-5-18(11-17)12-26(36)32-14-20-21(28)7-8-22(29)27(20)30/h3-9,11,13,16,25,31,33-35H,10,12,14-15H2,1-2H3,(H,32,36)/t16-,25-/m1/s1. The SMILES string of the molecule is C[C@H](Cc1cccc(CC(=O)NCc2c(Cl)ccc(Cl)c2Cl)c1)NC[C@@H](O)c1ccc(O)c(NS(C)(=O)=O)c1. The molecular formula is C27H30Cl3N3O5S. The van der Waals surface area contributed by atoms with Gasteiger partial charge in [0.25, 0.3) is 0 Å². The molecule has 0 saturated heterocycles. The van der Waals surface area contributed by atoms with Crippen LogP contribution in [0.1, 0.15) is 35.3 Å². The van der Waals surface area contributed by atoms with Crippen molar-refractivity contribution in [1.29, 1.82) is 0 Å². The zero-order valence-electron chi connectivity index (χ0n) is 21.3. The molecule has 3 aromatic rings. The molecule has 0 unspecified atom stereocenters. The van der Waals surface area contributed by atoms with Crippen molar-refractivity contribution in [2.45, 2.75) is 38.5 Å². The Morgan fingerprint density at radius 1 is 1.00 bits per heavy atom. The Morgan fingerprint density at radius 2 is 1.69 bits per heavy atom. The van der Waals surface area contributed by atoms with Gasteiger partial charge in [0, 0.05) is 29.7 Å². The molecule has 3 rings (SSSR count). The number of aromatic hydroxyl groups is 1. The predicted octanol–water partition coefficient (Wildman–Crippen LogP) is 4.84. The summed E-state index contributed by atoms with van der Waals surface area (Å²) < 4.78 is 25.2. The summed E-state index contributed by atoms with van der Waals surface area (Å²) in [4.78, 5) is 12.5. The third kappa shape index (κ3) is 9.56. The summed E-state index contributed by atoms with van der Waals surface area (Å²) in [6.07, 6.45) is 0.874. The Hall–Kier alpha value is -2.53. The maximum Gasteiger partial charge on any atom is 0.229 e. The number of carbonyl (C=O) groups is 1. The normalized spacial score (nSPS) is 13.1. The molecule has 39 heavy (non-hydrogen) atoms. The van der Waals surface area contributed by atoms with Gasteiger partial charge in [-0.25, -0.2) is 8.42 Å². The maximum absolute atomic E-state index is 12.5. The summed E-state index contributed by atoms with van der Waals surface area (Å²) in [7, 11) is -3.58. The molecule has 210 valence electrons. The van der Waals surface area contributed by atoms with Crippen molar-refractivity contribution in [3.05, 3.63) is 91.9 Å². The highest BCUT2D eigenvalue weighted by Crippen LogP contribution is 2.31. The van der Waals surface area contributed by atoms with Crippen molar-refractivity contribution in [1.82, 2.24) is 10.6 Å². The van der Waals surface area contributed by atoms with Gasteiger partial charge in [0.05, 0.1) is 34.5 Å². The fraction of sp³-hybridized carbons (Fsp3) is 0.296. The van der Waals surface area contributed by atoms with E-state index in [1.54, 1.807) is 12.1 Å². The van der Waals surface area contributed by atoms with Gasteiger partial charge in [0.2, 0.25) is 15.9 Å². The number of aliphatic hydroxyl groups is 1. The van der Waals surface area contributed by atoms with Crippen LogP contribution in [-0.2, 0) is 34.2 Å². The smallest absolute Gasteiger partial charge is 0.229 e. The molecule has 8 nitrogen and oxygen atoms in total. The van der Waals surface area contributed by atoms with Crippen molar-refractivity contribution in [2.75, 3.05) is 17.5 Å². The molecule has 2 atom stereocenters. The third-order valence-electron chi connectivity index (χ3n) is 5.86.